The fourth-order valence-electron chi connectivity index (χ4n) is 3.80. The van der Waals surface area contributed by atoms with Crippen LogP contribution in [0.3, 0.4) is 0 Å². The molecule has 0 fully saturated rings. The lowest BCUT2D eigenvalue weighted by Crippen LogP contribution is -2.26. The maximum absolute atomic E-state index is 12.2. The van der Waals surface area contributed by atoms with E-state index in [1.165, 1.54) is 36.4 Å². The van der Waals surface area contributed by atoms with Crippen molar-refractivity contribution in [3.8, 4) is 28.7 Å². The molecular formula is C25H20N2O5. The Labute approximate surface area is 185 Å². The van der Waals surface area contributed by atoms with E-state index in [9.17, 15) is 14.9 Å². The molecular weight excluding hydrogens is 408 g/mol. The second kappa shape index (κ2) is 9.23. The van der Waals surface area contributed by atoms with E-state index in [-0.39, 0.29) is 24.8 Å². The van der Waals surface area contributed by atoms with E-state index < -0.39 is 11.0 Å². The number of fused-ring (bicyclic) bond motifs is 3. The van der Waals surface area contributed by atoms with E-state index in [0.29, 0.717) is 11.3 Å². The molecule has 0 aliphatic heterocycles. The molecule has 0 saturated carbocycles. The molecule has 0 heterocycles. The van der Waals surface area contributed by atoms with E-state index >= 15 is 0 Å². The summed E-state index contributed by atoms with van der Waals surface area (Å²) in [7, 11) is 1.42. The molecule has 3 aromatic carbocycles. The number of carbonyl (C=O) groups excluding carboxylic acids is 1. The molecule has 0 saturated heterocycles. The topological polar surface area (TPSA) is 90.7 Å². The van der Waals surface area contributed by atoms with Crippen LogP contribution in [0.4, 0.5) is 10.5 Å². The van der Waals surface area contributed by atoms with Gasteiger partial charge in [-0.05, 0) is 28.3 Å². The number of nitrogens with zero attached hydrogens (tertiary/aromatic N) is 1. The summed E-state index contributed by atoms with van der Waals surface area (Å²) < 4.78 is 10.6. The number of hydrogen-bond acceptors (Lipinski definition) is 5. The van der Waals surface area contributed by atoms with Crippen LogP contribution in [0.15, 0.2) is 66.7 Å². The second-order valence-corrected chi connectivity index (χ2v) is 7.12. The maximum atomic E-state index is 12.2. The van der Waals surface area contributed by atoms with Crippen molar-refractivity contribution in [3.05, 3.63) is 93.5 Å². The fourth-order valence-corrected chi connectivity index (χ4v) is 3.80. The Bertz CT molecular complexity index is 1200. The van der Waals surface area contributed by atoms with Gasteiger partial charge in [0.1, 0.15) is 12.4 Å². The van der Waals surface area contributed by atoms with Gasteiger partial charge in [0.15, 0.2) is 0 Å². The summed E-state index contributed by atoms with van der Waals surface area (Å²) >= 11 is 0. The van der Waals surface area contributed by atoms with Crippen molar-refractivity contribution in [1.82, 2.24) is 5.32 Å². The standard InChI is InChI=1S/C25H20N2O5/c1-31-24-15-18(27(29)30)13-12-17(24)7-6-14-26-25(28)32-16-23-21-10-4-2-8-19(21)20-9-3-5-11-22(20)23/h2-5,8-13,15,23H,14,16H2,1H3,(H,26,28). The smallest absolute Gasteiger partial charge is 0.407 e. The number of nitro groups is 1. The van der Waals surface area contributed by atoms with Gasteiger partial charge in [-0.15, -0.1) is 0 Å². The number of hydrogen-bond donors (Lipinski definition) is 1. The van der Waals surface area contributed by atoms with Gasteiger partial charge in [-0.2, -0.15) is 0 Å². The second-order valence-electron chi connectivity index (χ2n) is 7.12. The lowest BCUT2D eigenvalue weighted by atomic mass is 9.98. The van der Waals surface area contributed by atoms with E-state index in [1.807, 2.05) is 24.3 Å². The summed E-state index contributed by atoms with van der Waals surface area (Å²) in [6.45, 7) is 0.292. The van der Waals surface area contributed by atoms with Crippen molar-refractivity contribution < 1.29 is 19.2 Å². The summed E-state index contributed by atoms with van der Waals surface area (Å²) in [5, 5.41) is 13.5. The third-order valence-electron chi connectivity index (χ3n) is 5.28. The molecule has 3 aromatic rings. The Morgan fingerprint density at radius 1 is 1.06 bits per heavy atom. The molecule has 1 amide bonds. The molecule has 0 bridgehead atoms. The summed E-state index contributed by atoms with van der Waals surface area (Å²) in [6.07, 6.45) is -0.558. The van der Waals surface area contributed by atoms with Crippen molar-refractivity contribution >= 4 is 11.8 Å². The highest BCUT2D eigenvalue weighted by atomic mass is 16.6. The van der Waals surface area contributed by atoms with Gasteiger partial charge >= 0.3 is 6.09 Å². The summed E-state index contributed by atoms with van der Waals surface area (Å²) in [6, 6.07) is 20.4. The van der Waals surface area contributed by atoms with Crippen LogP contribution < -0.4 is 10.1 Å². The van der Waals surface area contributed by atoms with Crippen LogP contribution in [0.5, 0.6) is 5.75 Å². The summed E-state index contributed by atoms with van der Waals surface area (Å²) in [5.74, 6) is 5.93. The Balaban J connectivity index is 1.35. The number of ether oxygens (including phenoxy) is 2. The van der Waals surface area contributed by atoms with Crippen LogP contribution >= 0.6 is 0 Å². The lowest BCUT2D eigenvalue weighted by Gasteiger charge is -2.14. The number of methoxy groups -OCH3 is 1. The third kappa shape index (κ3) is 4.25. The Kier molecular flexibility index (Phi) is 6.04. The predicted molar refractivity (Wildman–Crippen MR) is 120 cm³/mol. The fraction of sp³-hybridized carbons (Fsp3) is 0.160. The average molecular weight is 428 g/mol. The Hall–Kier alpha value is -4.31. The SMILES string of the molecule is COc1cc([N+](=O)[O-])ccc1C#CCNC(=O)OCC1c2ccccc2-c2ccccc21. The van der Waals surface area contributed by atoms with Gasteiger partial charge in [0.05, 0.1) is 30.2 Å². The van der Waals surface area contributed by atoms with Crippen LogP contribution in [0.1, 0.15) is 22.6 Å². The van der Waals surface area contributed by atoms with Crippen molar-refractivity contribution in [2.24, 2.45) is 0 Å². The minimum Gasteiger partial charge on any atom is -0.495 e. The molecule has 0 unspecified atom stereocenters. The van der Waals surface area contributed by atoms with Crippen molar-refractivity contribution in [2.75, 3.05) is 20.3 Å². The Morgan fingerprint density at radius 2 is 1.72 bits per heavy atom. The van der Waals surface area contributed by atoms with Crippen molar-refractivity contribution in [1.29, 1.82) is 0 Å². The lowest BCUT2D eigenvalue weighted by molar-refractivity contribution is -0.384. The molecule has 0 spiro atoms. The van der Waals surface area contributed by atoms with Gasteiger partial charge in [-0.25, -0.2) is 4.79 Å². The van der Waals surface area contributed by atoms with Gasteiger partial charge in [-0.1, -0.05) is 60.4 Å². The molecule has 1 N–H and O–H groups in total. The molecule has 7 nitrogen and oxygen atoms in total. The van der Waals surface area contributed by atoms with Crippen molar-refractivity contribution in [3.63, 3.8) is 0 Å². The van der Waals surface area contributed by atoms with Gasteiger partial charge < -0.3 is 14.8 Å². The number of nitrogens with one attached hydrogen (secondary N) is 1. The molecule has 4 rings (SSSR count). The zero-order valence-corrected chi connectivity index (χ0v) is 17.3. The van der Waals surface area contributed by atoms with E-state index in [0.717, 1.165) is 11.1 Å². The highest BCUT2D eigenvalue weighted by Crippen LogP contribution is 2.44. The predicted octanol–water partition coefficient (Wildman–Crippen LogP) is 4.49. The van der Waals surface area contributed by atoms with Gasteiger partial charge in [-0.3, -0.25) is 10.1 Å². The number of benzene rings is 3. The highest BCUT2D eigenvalue weighted by molar-refractivity contribution is 5.79. The first-order valence-electron chi connectivity index (χ1n) is 9.98. The van der Waals surface area contributed by atoms with Gasteiger partial charge in [0.2, 0.25) is 0 Å². The number of nitro benzene ring substituents is 1. The van der Waals surface area contributed by atoms with E-state index in [1.54, 1.807) is 0 Å². The molecule has 1 aliphatic carbocycles. The average Bonchev–Trinajstić information content (AvgIpc) is 3.14. The van der Waals surface area contributed by atoms with Crippen LogP contribution in [-0.2, 0) is 4.74 Å². The van der Waals surface area contributed by atoms with E-state index in [2.05, 4.69) is 41.4 Å². The zero-order chi connectivity index (χ0) is 22.5. The van der Waals surface area contributed by atoms with Crippen LogP contribution in [0.25, 0.3) is 11.1 Å². The van der Waals surface area contributed by atoms with Gasteiger partial charge in [0.25, 0.3) is 5.69 Å². The minimum absolute atomic E-state index is 0.0106. The van der Waals surface area contributed by atoms with Crippen LogP contribution in [0, 0.1) is 22.0 Å². The number of carbonyl (C=O) groups is 1. The highest BCUT2D eigenvalue weighted by Gasteiger charge is 2.28. The number of non-ortho nitro benzene ring substituents is 1. The first-order chi connectivity index (χ1) is 15.6. The normalized spacial score (nSPS) is 11.5. The zero-order valence-electron chi connectivity index (χ0n) is 17.3. The first-order valence-corrected chi connectivity index (χ1v) is 9.98. The third-order valence-corrected chi connectivity index (χ3v) is 5.28. The molecule has 7 heteroatoms. The minimum atomic E-state index is -0.558. The molecule has 0 atom stereocenters. The molecule has 160 valence electrons. The van der Waals surface area contributed by atoms with Crippen molar-refractivity contribution in [2.45, 2.75) is 5.92 Å². The number of rotatable bonds is 5. The maximum Gasteiger partial charge on any atom is 0.407 e. The molecule has 0 radical (unpaired) electrons. The monoisotopic (exact) mass is 428 g/mol. The molecule has 32 heavy (non-hydrogen) atoms. The first kappa shape index (κ1) is 20.9. The Morgan fingerprint density at radius 3 is 2.34 bits per heavy atom. The van der Waals surface area contributed by atoms with Crippen LogP contribution in [-0.4, -0.2) is 31.3 Å². The van der Waals surface area contributed by atoms with Gasteiger partial charge in [0, 0.05) is 12.0 Å². The summed E-state index contributed by atoms with van der Waals surface area (Å²) in [4.78, 5) is 22.5. The quantitative estimate of drug-likeness (QED) is 0.367. The molecule has 0 aromatic heterocycles. The number of alkyl carbamates (subject to hydrolysis) is 1. The summed E-state index contributed by atoms with van der Waals surface area (Å²) in [5.41, 5.74) is 5.04. The number of amides is 1. The van der Waals surface area contributed by atoms with Crippen LogP contribution in [0.2, 0.25) is 0 Å². The molecule has 1 aliphatic rings. The largest absolute Gasteiger partial charge is 0.495 e. The van der Waals surface area contributed by atoms with E-state index in [4.69, 9.17) is 9.47 Å².